The third-order valence-electron chi connectivity index (χ3n) is 5.52. The van der Waals surface area contributed by atoms with Gasteiger partial charge in [0, 0.05) is 12.1 Å². The van der Waals surface area contributed by atoms with E-state index in [9.17, 15) is 18.0 Å². The molecule has 2 aromatic heterocycles. The molecule has 0 amide bonds. The van der Waals surface area contributed by atoms with E-state index in [1.807, 2.05) is 30.3 Å². The number of carbonyl (C=O) groups excluding carboxylic acids is 1. The molecular formula is C22H19N5O4S. The minimum atomic E-state index is -3.36. The van der Waals surface area contributed by atoms with E-state index in [0.717, 1.165) is 17.5 Å². The lowest BCUT2D eigenvalue weighted by Gasteiger charge is -2.16. The molecule has 1 aliphatic heterocycles. The van der Waals surface area contributed by atoms with Gasteiger partial charge in [0.2, 0.25) is 10.0 Å². The van der Waals surface area contributed by atoms with E-state index in [2.05, 4.69) is 10.1 Å². The van der Waals surface area contributed by atoms with Crippen LogP contribution in [-0.2, 0) is 23.0 Å². The molecule has 0 unspecified atom stereocenters. The lowest BCUT2D eigenvalue weighted by atomic mass is 10.1. The number of sulfonamides is 1. The molecule has 5 rings (SSSR count). The van der Waals surface area contributed by atoms with Crippen LogP contribution in [0.5, 0.6) is 0 Å². The molecule has 0 saturated heterocycles. The molecule has 32 heavy (non-hydrogen) atoms. The fourth-order valence-electron chi connectivity index (χ4n) is 3.95. The van der Waals surface area contributed by atoms with Gasteiger partial charge in [-0.3, -0.25) is 18.5 Å². The molecule has 3 heterocycles. The Balaban J connectivity index is 1.44. The molecule has 0 radical (unpaired) electrons. The van der Waals surface area contributed by atoms with Crippen LogP contribution in [0.3, 0.4) is 0 Å². The predicted molar refractivity (Wildman–Crippen MR) is 120 cm³/mol. The number of benzene rings is 2. The Hall–Kier alpha value is -3.79. The van der Waals surface area contributed by atoms with Crippen molar-refractivity contribution in [3.05, 3.63) is 82.5 Å². The number of carbonyl (C=O) groups is 1. The van der Waals surface area contributed by atoms with E-state index in [4.69, 9.17) is 0 Å². The Labute approximate surface area is 183 Å². The number of hydrogen-bond donors (Lipinski definition) is 0. The third kappa shape index (κ3) is 3.38. The van der Waals surface area contributed by atoms with Gasteiger partial charge >= 0.3 is 0 Å². The summed E-state index contributed by atoms with van der Waals surface area (Å²) < 4.78 is 28.0. The van der Waals surface area contributed by atoms with Gasteiger partial charge in [-0.05, 0) is 42.3 Å². The Morgan fingerprint density at radius 3 is 2.66 bits per heavy atom. The highest BCUT2D eigenvalue weighted by atomic mass is 32.2. The minimum absolute atomic E-state index is 0.174. The lowest BCUT2D eigenvalue weighted by molar-refractivity contribution is 0.0970. The fourth-order valence-corrected chi connectivity index (χ4v) is 4.91. The van der Waals surface area contributed by atoms with Crippen LogP contribution >= 0.6 is 0 Å². The highest BCUT2D eigenvalue weighted by molar-refractivity contribution is 7.92. The van der Waals surface area contributed by atoms with Gasteiger partial charge in [-0.2, -0.15) is 5.10 Å². The first-order valence-electron chi connectivity index (χ1n) is 9.95. The first-order chi connectivity index (χ1) is 15.3. The summed E-state index contributed by atoms with van der Waals surface area (Å²) >= 11 is 0. The smallest absolute Gasteiger partial charge is 0.264 e. The van der Waals surface area contributed by atoms with Crippen LogP contribution in [0.2, 0.25) is 0 Å². The Bertz CT molecular complexity index is 1520. The fraction of sp³-hybridized carbons (Fsp3) is 0.182. The van der Waals surface area contributed by atoms with Crippen LogP contribution in [0, 0.1) is 0 Å². The molecule has 1 aliphatic rings. The first-order valence-corrected chi connectivity index (χ1v) is 11.8. The zero-order valence-electron chi connectivity index (χ0n) is 17.2. The second-order valence-corrected chi connectivity index (χ2v) is 9.57. The minimum Gasteiger partial charge on any atom is -0.292 e. The van der Waals surface area contributed by atoms with Crippen LogP contribution in [0.4, 0.5) is 5.69 Å². The number of fused-ring (bicyclic) bond motifs is 2. The SMILES string of the molecule is CS(=O)(=O)N1CCc2cc(C(=O)Cn3cnc4c(cnn4-c4ccccc4)c3=O)ccc21. The maximum Gasteiger partial charge on any atom is 0.264 e. The van der Waals surface area contributed by atoms with Crippen LogP contribution in [0.15, 0.2) is 65.8 Å². The van der Waals surface area contributed by atoms with Crippen molar-refractivity contribution in [2.24, 2.45) is 0 Å². The Morgan fingerprint density at radius 2 is 1.91 bits per heavy atom. The first kappa shape index (κ1) is 20.1. The number of Topliss-reactive ketones (excluding diaryl/α,β-unsaturated/α-hetero) is 1. The average molecular weight is 449 g/mol. The van der Waals surface area contributed by atoms with Gasteiger partial charge in [0.15, 0.2) is 11.4 Å². The van der Waals surface area contributed by atoms with Gasteiger partial charge in [0.1, 0.15) is 11.7 Å². The van der Waals surface area contributed by atoms with Gasteiger partial charge in [-0.15, -0.1) is 0 Å². The largest absolute Gasteiger partial charge is 0.292 e. The third-order valence-corrected chi connectivity index (χ3v) is 6.70. The van der Waals surface area contributed by atoms with Crippen molar-refractivity contribution in [3.63, 3.8) is 0 Å². The van der Waals surface area contributed by atoms with E-state index < -0.39 is 10.0 Å². The van der Waals surface area contributed by atoms with Crippen molar-refractivity contribution in [2.75, 3.05) is 17.1 Å². The molecular weight excluding hydrogens is 430 g/mol. The van der Waals surface area contributed by atoms with Crippen molar-refractivity contribution in [2.45, 2.75) is 13.0 Å². The number of ketones is 1. The van der Waals surface area contributed by atoms with Crippen molar-refractivity contribution >= 4 is 32.5 Å². The Kier molecular flexibility index (Phi) is 4.66. The molecule has 9 nitrogen and oxygen atoms in total. The van der Waals surface area contributed by atoms with E-state index in [-0.39, 0.29) is 17.9 Å². The molecule has 0 aliphatic carbocycles. The summed E-state index contributed by atoms with van der Waals surface area (Å²) in [5, 5.41) is 4.59. The number of nitrogens with zero attached hydrogens (tertiary/aromatic N) is 5. The second-order valence-electron chi connectivity index (χ2n) is 7.66. The van der Waals surface area contributed by atoms with Gasteiger partial charge in [-0.25, -0.2) is 18.1 Å². The lowest BCUT2D eigenvalue weighted by Crippen LogP contribution is -2.27. The standard InChI is InChI=1S/C22H19N5O4S/c1-32(30,31)26-10-9-15-11-16(7-8-19(15)26)20(28)13-25-14-23-21-18(22(25)29)12-24-27(21)17-5-3-2-4-6-17/h2-8,11-12,14H,9-10,13H2,1H3. The molecule has 2 aromatic carbocycles. The summed E-state index contributed by atoms with van der Waals surface area (Å²) in [6.07, 6.45) is 4.50. The number of hydrogen-bond acceptors (Lipinski definition) is 6. The molecule has 0 saturated carbocycles. The number of anilines is 1. The zero-order valence-corrected chi connectivity index (χ0v) is 18.0. The zero-order chi connectivity index (χ0) is 22.5. The normalized spacial score (nSPS) is 13.5. The number of aromatic nitrogens is 4. The summed E-state index contributed by atoms with van der Waals surface area (Å²) in [6.45, 7) is 0.185. The van der Waals surface area contributed by atoms with Crippen LogP contribution in [0.25, 0.3) is 16.7 Å². The summed E-state index contributed by atoms with van der Waals surface area (Å²) in [5.41, 5.74) is 2.66. The average Bonchev–Trinajstić information content (AvgIpc) is 3.40. The van der Waals surface area contributed by atoms with E-state index >= 15 is 0 Å². The monoisotopic (exact) mass is 449 g/mol. The van der Waals surface area contributed by atoms with Gasteiger partial charge in [-0.1, -0.05) is 18.2 Å². The van der Waals surface area contributed by atoms with E-state index in [1.54, 1.807) is 22.9 Å². The highest BCUT2D eigenvalue weighted by Gasteiger charge is 2.27. The maximum atomic E-state index is 12.9. The van der Waals surface area contributed by atoms with Gasteiger partial charge < -0.3 is 0 Å². The second kappa shape index (κ2) is 7.41. The van der Waals surface area contributed by atoms with Crippen molar-refractivity contribution in [3.8, 4) is 5.69 Å². The van der Waals surface area contributed by atoms with E-state index in [1.165, 1.54) is 21.4 Å². The Morgan fingerprint density at radius 1 is 1.12 bits per heavy atom. The molecule has 0 atom stereocenters. The van der Waals surface area contributed by atoms with Gasteiger partial charge in [0.25, 0.3) is 5.56 Å². The molecule has 0 spiro atoms. The van der Waals surface area contributed by atoms with Crippen LogP contribution in [-0.4, -0.2) is 46.3 Å². The van der Waals surface area contributed by atoms with E-state index in [0.29, 0.717) is 35.2 Å². The van der Waals surface area contributed by atoms with Crippen molar-refractivity contribution in [1.82, 2.24) is 19.3 Å². The molecule has 0 fully saturated rings. The quantitative estimate of drug-likeness (QED) is 0.430. The molecule has 0 bridgehead atoms. The summed E-state index contributed by atoms with van der Waals surface area (Å²) in [6, 6.07) is 14.3. The summed E-state index contributed by atoms with van der Waals surface area (Å²) in [7, 11) is -3.36. The number of rotatable bonds is 5. The van der Waals surface area contributed by atoms with Crippen molar-refractivity contribution < 1.29 is 13.2 Å². The highest BCUT2D eigenvalue weighted by Crippen LogP contribution is 2.30. The van der Waals surface area contributed by atoms with Crippen LogP contribution in [0.1, 0.15) is 15.9 Å². The number of para-hydroxylation sites is 1. The molecule has 10 heteroatoms. The topological polar surface area (TPSA) is 107 Å². The summed E-state index contributed by atoms with van der Waals surface area (Å²) in [4.78, 5) is 30.1. The molecule has 162 valence electrons. The molecule has 0 N–H and O–H groups in total. The summed E-state index contributed by atoms with van der Waals surface area (Å²) in [5.74, 6) is -0.260. The predicted octanol–water partition coefficient (Wildman–Crippen LogP) is 1.79. The van der Waals surface area contributed by atoms with Crippen LogP contribution < -0.4 is 9.86 Å². The van der Waals surface area contributed by atoms with Gasteiger partial charge in [0.05, 0.1) is 30.4 Å². The molecule has 4 aromatic rings. The van der Waals surface area contributed by atoms with Crippen molar-refractivity contribution in [1.29, 1.82) is 0 Å². The maximum absolute atomic E-state index is 12.9.